The van der Waals surface area contributed by atoms with Crippen molar-refractivity contribution in [3.63, 3.8) is 0 Å². The molecule has 5 heteroatoms. The average molecular weight is 285 g/mol. The van der Waals surface area contributed by atoms with Crippen molar-refractivity contribution in [1.29, 1.82) is 0 Å². The van der Waals surface area contributed by atoms with E-state index in [1.807, 2.05) is 24.3 Å². The molecule has 3 N–H and O–H groups in total. The van der Waals surface area contributed by atoms with Gasteiger partial charge in [0.2, 0.25) is 0 Å². The fourth-order valence-electron chi connectivity index (χ4n) is 1.86. The lowest BCUT2D eigenvalue weighted by Gasteiger charge is -2.18. The summed E-state index contributed by atoms with van der Waals surface area (Å²) in [5.41, 5.74) is 8.03. The lowest BCUT2D eigenvalue weighted by atomic mass is 10.2. The van der Waals surface area contributed by atoms with Crippen molar-refractivity contribution in [3.8, 4) is 5.75 Å². The largest absolute Gasteiger partial charge is 0.497 e. The molecule has 0 aliphatic heterocycles. The molecule has 2 aromatic carbocycles. The maximum Gasteiger partial charge on any atom is 0.321 e. The number of nitrogens with two attached hydrogens (primary N) is 1. The van der Waals surface area contributed by atoms with E-state index in [1.165, 1.54) is 0 Å². The summed E-state index contributed by atoms with van der Waals surface area (Å²) in [5, 5.41) is 2.82. The van der Waals surface area contributed by atoms with Crippen molar-refractivity contribution in [2.45, 2.75) is 6.54 Å². The Hall–Kier alpha value is -2.69. The van der Waals surface area contributed by atoms with Gasteiger partial charge in [-0.2, -0.15) is 0 Å². The maximum absolute atomic E-state index is 12.1. The van der Waals surface area contributed by atoms with Crippen LogP contribution in [0.4, 0.5) is 16.2 Å². The highest BCUT2D eigenvalue weighted by Crippen LogP contribution is 2.14. The van der Waals surface area contributed by atoms with Gasteiger partial charge in [-0.25, -0.2) is 4.79 Å². The topological polar surface area (TPSA) is 67.6 Å². The van der Waals surface area contributed by atoms with Crippen LogP contribution in [-0.2, 0) is 6.54 Å². The quantitative estimate of drug-likeness (QED) is 0.849. The monoisotopic (exact) mass is 285 g/mol. The molecule has 2 amide bonds. The minimum Gasteiger partial charge on any atom is -0.497 e. The van der Waals surface area contributed by atoms with Gasteiger partial charge in [-0.1, -0.05) is 12.1 Å². The Labute approximate surface area is 124 Å². The molecule has 0 aromatic heterocycles. The first-order valence-corrected chi connectivity index (χ1v) is 6.59. The van der Waals surface area contributed by atoms with Gasteiger partial charge in [0.25, 0.3) is 0 Å². The highest BCUT2D eigenvalue weighted by molar-refractivity contribution is 5.89. The average Bonchev–Trinajstić information content (AvgIpc) is 2.50. The number of rotatable bonds is 4. The van der Waals surface area contributed by atoms with E-state index >= 15 is 0 Å². The third-order valence-corrected chi connectivity index (χ3v) is 3.09. The Bertz CT molecular complexity index is 594. The predicted octanol–water partition coefficient (Wildman–Crippen LogP) is 2.94. The van der Waals surface area contributed by atoms with E-state index in [2.05, 4.69) is 5.32 Å². The Morgan fingerprint density at radius 1 is 1.14 bits per heavy atom. The second-order valence-corrected chi connectivity index (χ2v) is 4.76. The van der Waals surface area contributed by atoms with E-state index in [-0.39, 0.29) is 6.03 Å². The summed E-state index contributed by atoms with van der Waals surface area (Å²) >= 11 is 0. The van der Waals surface area contributed by atoms with Crippen LogP contribution in [0.1, 0.15) is 5.56 Å². The molecule has 5 nitrogen and oxygen atoms in total. The number of hydrogen-bond acceptors (Lipinski definition) is 3. The number of anilines is 2. The SMILES string of the molecule is COc1ccc(CN(C)C(=O)Nc2ccc(N)cc2)cc1. The van der Waals surface area contributed by atoms with Crippen LogP contribution in [0, 0.1) is 0 Å². The summed E-state index contributed by atoms with van der Waals surface area (Å²) in [7, 11) is 3.37. The van der Waals surface area contributed by atoms with Gasteiger partial charge >= 0.3 is 6.03 Å². The molecule has 21 heavy (non-hydrogen) atoms. The number of carbonyl (C=O) groups is 1. The number of hydrogen-bond donors (Lipinski definition) is 2. The number of nitrogens with zero attached hydrogens (tertiary/aromatic N) is 1. The van der Waals surface area contributed by atoms with Gasteiger partial charge in [-0.15, -0.1) is 0 Å². The van der Waals surface area contributed by atoms with Crippen LogP contribution in [-0.4, -0.2) is 25.1 Å². The highest BCUT2D eigenvalue weighted by Gasteiger charge is 2.09. The van der Waals surface area contributed by atoms with E-state index in [1.54, 1.807) is 43.3 Å². The zero-order valence-corrected chi connectivity index (χ0v) is 12.2. The van der Waals surface area contributed by atoms with Crippen molar-refractivity contribution in [3.05, 3.63) is 54.1 Å². The molecule has 0 saturated heterocycles. The first-order chi connectivity index (χ1) is 10.1. The Morgan fingerprint density at radius 2 is 1.76 bits per heavy atom. The van der Waals surface area contributed by atoms with Crippen LogP contribution < -0.4 is 15.8 Å². The fourth-order valence-corrected chi connectivity index (χ4v) is 1.86. The van der Waals surface area contributed by atoms with Crippen molar-refractivity contribution in [2.75, 3.05) is 25.2 Å². The molecule has 0 aliphatic carbocycles. The molecule has 2 aromatic rings. The molecule has 0 atom stereocenters. The van der Waals surface area contributed by atoms with Gasteiger partial charge in [-0.3, -0.25) is 0 Å². The molecule has 2 rings (SSSR count). The molecule has 0 fully saturated rings. The zero-order valence-electron chi connectivity index (χ0n) is 12.2. The van der Waals surface area contributed by atoms with E-state index in [9.17, 15) is 4.79 Å². The van der Waals surface area contributed by atoms with Gasteiger partial charge in [-0.05, 0) is 42.0 Å². The Morgan fingerprint density at radius 3 is 2.33 bits per heavy atom. The van der Waals surface area contributed by atoms with Crippen LogP contribution in [0.25, 0.3) is 0 Å². The number of nitrogen functional groups attached to an aromatic ring is 1. The molecular formula is C16H19N3O2. The number of ether oxygens (including phenoxy) is 1. The molecular weight excluding hydrogens is 266 g/mol. The number of urea groups is 1. The zero-order chi connectivity index (χ0) is 15.2. The van der Waals surface area contributed by atoms with Crippen LogP contribution in [0.3, 0.4) is 0 Å². The smallest absolute Gasteiger partial charge is 0.321 e. The van der Waals surface area contributed by atoms with E-state index in [4.69, 9.17) is 10.5 Å². The number of benzene rings is 2. The maximum atomic E-state index is 12.1. The number of nitrogens with one attached hydrogen (secondary N) is 1. The molecule has 0 aliphatic rings. The van der Waals surface area contributed by atoms with E-state index in [0.29, 0.717) is 12.2 Å². The summed E-state index contributed by atoms with van der Waals surface area (Å²) < 4.78 is 5.11. The minimum atomic E-state index is -0.171. The molecule has 110 valence electrons. The summed E-state index contributed by atoms with van der Waals surface area (Å²) in [5.74, 6) is 0.799. The lowest BCUT2D eigenvalue weighted by Crippen LogP contribution is -2.30. The fraction of sp³-hybridized carbons (Fsp3) is 0.188. The molecule has 0 bridgehead atoms. The summed E-state index contributed by atoms with van der Waals surface area (Å²) in [6, 6.07) is 14.5. The Kier molecular flexibility index (Phi) is 4.66. The summed E-state index contributed by atoms with van der Waals surface area (Å²) in [6.45, 7) is 0.519. The summed E-state index contributed by atoms with van der Waals surface area (Å²) in [4.78, 5) is 13.7. The second-order valence-electron chi connectivity index (χ2n) is 4.76. The van der Waals surface area contributed by atoms with E-state index in [0.717, 1.165) is 17.0 Å². The third-order valence-electron chi connectivity index (χ3n) is 3.09. The number of amides is 2. The van der Waals surface area contributed by atoms with Gasteiger partial charge < -0.3 is 20.7 Å². The van der Waals surface area contributed by atoms with Crippen molar-refractivity contribution in [2.24, 2.45) is 0 Å². The first-order valence-electron chi connectivity index (χ1n) is 6.59. The normalized spacial score (nSPS) is 10.0. The number of carbonyl (C=O) groups excluding carboxylic acids is 1. The Balaban J connectivity index is 1.93. The van der Waals surface area contributed by atoms with Gasteiger partial charge in [0, 0.05) is 25.0 Å². The van der Waals surface area contributed by atoms with Crippen molar-refractivity contribution in [1.82, 2.24) is 4.90 Å². The minimum absolute atomic E-state index is 0.171. The highest BCUT2D eigenvalue weighted by atomic mass is 16.5. The number of methoxy groups -OCH3 is 1. The van der Waals surface area contributed by atoms with Crippen LogP contribution in [0.15, 0.2) is 48.5 Å². The first kappa shape index (κ1) is 14.7. The molecule has 0 saturated carbocycles. The summed E-state index contributed by atoms with van der Waals surface area (Å²) in [6.07, 6.45) is 0. The third kappa shape index (κ3) is 4.14. The van der Waals surface area contributed by atoms with E-state index < -0.39 is 0 Å². The van der Waals surface area contributed by atoms with Crippen molar-refractivity contribution < 1.29 is 9.53 Å². The standard InChI is InChI=1S/C16H19N3O2/c1-19(11-12-3-9-15(21-2)10-4-12)16(20)18-14-7-5-13(17)6-8-14/h3-10H,11,17H2,1-2H3,(H,18,20). The van der Waals surface area contributed by atoms with Crippen LogP contribution in [0.2, 0.25) is 0 Å². The van der Waals surface area contributed by atoms with Crippen LogP contribution >= 0.6 is 0 Å². The molecule has 0 heterocycles. The lowest BCUT2D eigenvalue weighted by molar-refractivity contribution is 0.220. The molecule has 0 unspecified atom stereocenters. The van der Waals surface area contributed by atoms with Crippen molar-refractivity contribution >= 4 is 17.4 Å². The second kappa shape index (κ2) is 6.65. The van der Waals surface area contributed by atoms with Gasteiger partial charge in [0.15, 0.2) is 0 Å². The molecule has 0 spiro atoms. The van der Waals surface area contributed by atoms with Gasteiger partial charge in [0.1, 0.15) is 5.75 Å². The van der Waals surface area contributed by atoms with Crippen LogP contribution in [0.5, 0.6) is 5.75 Å². The van der Waals surface area contributed by atoms with Gasteiger partial charge in [0.05, 0.1) is 7.11 Å². The molecule has 0 radical (unpaired) electrons. The predicted molar refractivity (Wildman–Crippen MR) is 84.3 cm³/mol.